The molecule has 1 aromatic carbocycles. The molecule has 21 heavy (non-hydrogen) atoms. The zero-order chi connectivity index (χ0) is 16.0. The summed E-state index contributed by atoms with van der Waals surface area (Å²) < 4.78 is 21.6. The third kappa shape index (κ3) is 4.85. The van der Waals surface area contributed by atoms with Gasteiger partial charge in [0.1, 0.15) is 6.61 Å². The summed E-state index contributed by atoms with van der Waals surface area (Å²) in [6.45, 7) is 7.62. The van der Waals surface area contributed by atoms with Gasteiger partial charge in [-0.3, -0.25) is 4.79 Å². The van der Waals surface area contributed by atoms with Gasteiger partial charge in [-0.1, -0.05) is 13.8 Å². The van der Waals surface area contributed by atoms with Crippen LogP contribution in [0.2, 0.25) is 0 Å². The maximum atomic E-state index is 11.5. The van der Waals surface area contributed by atoms with E-state index in [0.29, 0.717) is 17.2 Å². The van der Waals surface area contributed by atoms with E-state index in [9.17, 15) is 4.79 Å². The second-order valence-corrected chi connectivity index (χ2v) is 5.26. The molecule has 0 heterocycles. The van der Waals surface area contributed by atoms with E-state index < -0.39 is 0 Å². The van der Waals surface area contributed by atoms with Crippen LogP contribution < -0.4 is 14.2 Å². The minimum Gasteiger partial charge on any atom is -0.493 e. The number of esters is 1. The van der Waals surface area contributed by atoms with Crippen molar-refractivity contribution in [1.82, 2.24) is 0 Å². The first-order valence-electron chi connectivity index (χ1n) is 6.97. The highest BCUT2D eigenvalue weighted by Crippen LogP contribution is 2.39. The summed E-state index contributed by atoms with van der Waals surface area (Å²) in [6.07, 6.45) is -0.00239. The van der Waals surface area contributed by atoms with Crippen molar-refractivity contribution in [2.24, 2.45) is 5.92 Å². The molecule has 0 spiro atoms. The van der Waals surface area contributed by atoms with Crippen molar-refractivity contribution in [3.8, 4) is 17.2 Å². The first-order chi connectivity index (χ1) is 9.88. The van der Waals surface area contributed by atoms with Crippen LogP contribution in [-0.2, 0) is 16.1 Å². The van der Waals surface area contributed by atoms with Gasteiger partial charge >= 0.3 is 5.97 Å². The smallest absolute Gasteiger partial charge is 0.308 e. The number of carbonyl (C=O) groups is 1. The second-order valence-electron chi connectivity index (χ2n) is 5.26. The van der Waals surface area contributed by atoms with Gasteiger partial charge < -0.3 is 18.9 Å². The van der Waals surface area contributed by atoms with Crippen molar-refractivity contribution < 1.29 is 23.7 Å². The second kappa shape index (κ2) is 7.76. The third-order valence-electron chi connectivity index (χ3n) is 2.73. The van der Waals surface area contributed by atoms with Gasteiger partial charge in [-0.25, -0.2) is 0 Å². The van der Waals surface area contributed by atoms with Crippen LogP contribution in [0.25, 0.3) is 0 Å². The molecule has 0 atom stereocenters. The predicted octanol–water partition coefficient (Wildman–Crippen LogP) is 3.19. The normalized spacial score (nSPS) is 10.7. The molecule has 0 saturated heterocycles. The summed E-state index contributed by atoms with van der Waals surface area (Å²) in [6, 6.07) is 3.57. The Morgan fingerprint density at radius 3 is 1.95 bits per heavy atom. The van der Waals surface area contributed by atoms with Gasteiger partial charge in [-0.05, 0) is 31.5 Å². The molecule has 1 aromatic rings. The molecule has 0 fully saturated rings. The van der Waals surface area contributed by atoms with Crippen molar-refractivity contribution in [2.75, 3.05) is 14.2 Å². The van der Waals surface area contributed by atoms with E-state index >= 15 is 0 Å². The van der Waals surface area contributed by atoms with Crippen molar-refractivity contribution >= 4 is 5.97 Å². The molecule has 0 radical (unpaired) electrons. The summed E-state index contributed by atoms with van der Waals surface area (Å²) in [5.41, 5.74) is 0.786. The lowest BCUT2D eigenvalue weighted by molar-refractivity contribution is -0.148. The molecule has 0 aliphatic carbocycles. The fourth-order valence-corrected chi connectivity index (χ4v) is 1.69. The fraction of sp³-hybridized carbons (Fsp3) is 0.562. The zero-order valence-electron chi connectivity index (χ0n) is 13.6. The van der Waals surface area contributed by atoms with E-state index in [1.165, 1.54) is 0 Å². The molecule has 0 unspecified atom stereocenters. The lowest BCUT2D eigenvalue weighted by atomic mass is 10.2. The standard InChI is InChI=1S/C16H24O5/c1-10(2)16(17)20-9-12-7-13(18-5)15(21-11(3)4)14(8-12)19-6/h7-8,10-11H,9H2,1-6H3. The number of hydrogen-bond donors (Lipinski definition) is 0. The fourth-order valence-electron chi connectivity index (χ4n) is 1.69. The number of rotatable bonds is 7. The largest absolute Gasteiger partial charge is 0.493 e. The van der Waals surface area contributed by atoms with Crippen LogP contribution in [0.1, 0.15) is 33.3 Å². The minimum atomic E-state index is -0.240. The Bertz CT molecular complexity index is 455. The Morgan fingerprint density at radius 1 is 1.05 bits per heavy atom. The van der Waals surface area contributed by atoms with Gasteiger partial charge in [0.25, 0.3) is 0 Å². The molecule has 0 saturated carbocycles. The molecule has 1 rings (SSSR count). The van der Waals surface area contributed by atoms with Crippen LogP contribution in [0.3, 0.4) is 0 Å². The van der Waals surface area contributed by atoms with E-state index in [4.69, 9.17) is 18.9 Å². The lowest BCUT2D eigenvalue weighted by Crippen LogP contribution is -2.12. The lowest BCUT2D eigenvalue weighted by Gasteiger charge is -2.18. The van der Waals surface area contributed by atoms with Crippen LogP contribution in [0.15, 0.2) is 12.1 Å². The average Bonchev–Trinajstić information content (AvgIpc) is 2.44. The van der Waals surface area contributed by atoms with Gasteiger partial charge in [0.2, 0.25) is 5.75 Å². The molecule has 5 heteroatoms. The Balaban J connectivity index is 3.00. The first-order valence-corrected chi connectivity index (χ1v) is 6.97. The Labute approximate surface area is 126 Å². The molecule has 5 nitrogen and oxygen atoms in total. The van der Waals surface area contributed by atoms with Crippen molar-refractivity contribution in [3.63, 3.8) is 0 Å². The summed E-state index contributed by atoms with van der Waals surface area (Å²) in [4.78, 5) is 11.5. The Morgan fingerprint density at radius 2 is 1.57 bits per heavy atom. The highest BCUT2D eigenvalue weighted by Gasteiger charge is 2.16. The highest BCUT2D eigenvalue weighted by atomic mass is 16.5. The van der Waals surface area contributed by atoms with Gasteiger partial charge in [0, 0.05) is 0 Å². The van der Waals surface area contributed by atoms with E-state index in [-0.39, 0.29) is 24.6 Å². The quantitative estimate of drug-likeness (QED) is 0.723. The van der Waals surface area contributed by atoms with Gasteiger partial charge in [-0.2, -0.15) is 0 Å². The van der Waals surface area contributed by atoms with E-state index in [1.807, 2.05) is 13.8 Å². The van der Waals surface area contributed by atoms with E-state index in [1.54, 1.807) is 40.2 Å². The van der Waals surface area contributed by atoms with Gasteiger partial charge in [0.15, 0.2) is 11.5 Å². The van der Waals surface area contributed by atoms with Crippen molar-refractivity contribution in [2.45, 2.75) is 40.4 Å². The molecule has 0 aliphatic heterocycles. The summed E-state index contributed by atoms with van der Waals surface area (Å²) >= 11 is 0. The number of ether oxygens (including phenoxy) is 4. The molecule has 0 N–H and O–H groups in total. The van der Waals surface area contributed by atoms with Crippen LogP contribution in [-0.4, -0.2) is 26.3 Å². The maximum Gasteiger partial charge on any atom is 0.308 e. The first kappa shape index (κ1) is 17.1. The SMILES string of the molecule is COc1cc(COC(=O)C(C)C)cc(OC)c1OC(C)C. The van der Waals surface area contributed by atoms with Gasteiger partial charge in [-0.15, -0.1) is 0 Å². The monoisotopic (exact) mass is 296 g/mol. The summed E-state index contributed by atoms with van der Waals surface area (Å²) in [7, 11) is 3.12. The zero-order valence-corrected chi connectivity index (χ0v) is 13.6. The molecular weight excluding hydrogens is 272 g/mol. The van der Waals surface area contributed by atoms with Gasteiger partial charge in [0.05, 0.1) is 26.2 Å². The number of benzene rings is 1. The average molecular weight is 296 g/mol. The Kier molecular flexibility index (Phi) is 6.34. The number of carbonyl (C=O) groups excluding carboxylic acids is 1. The number of hydrogen-bond acceptors (Lipinski definition) is 5. The third-order valence-corrected chi connectivity index (χ3v) is 2.73. The van der Waals surface area contributed by atoms with Crippen LogP contribution in [0.4, 0.5) is 0 Å². The predicted molar refractivity (Wildman–Crippen MR) is 79.9 cm³/mol. The number of methoxy groups -OCH3 is 2. The van der Waals surface area contributed by atoms with Crippen molar-refractivity contribution in [3.05, 3.63) is 17.7 Å². The van der Waals surface area contributed by atoms with E-state index in [2.05, 4.69) is 0 Å². The Hall–Kier alpha value is -1.91. The van der Waals surface area contributed by atoms with Crippen LogP contribution >= 0.6 is 0 Å². The summed E-state index contributed by atoms with van der Waals surface area (Å²) in [5.74, 6) is 1.26. The molecule has 0 aromatic heterocycles. The molecule has 0 amide bonds. The molecule has 0 aliphatic rings. The van der Waals surface area contributed by atoms with Crippen molar-refractivity contribution in [1.29, 1.82) is 0 Å². The molecule has 0 bridgehead atoms. The maximum absolute atomic E-state index is 11.5. The van der Waals surface area contributed by atoms with Crippen LogP contribution in [0.5, 0.6) is 17.2 Å². The molecule has 118 valence electrons. The highest BCUT2D eigenvalue weighted by molar-refractivity contribution is 5.71. The van der Waals surface area contributed by atoms with E-state index in [0.717, 1.165) is 5.56 Å². The summed E-state index contributed by atoms with van der Waals surface area (Å²) in [5, 5.41) is 0. The molecular formula is C16H24O5. The minimum absolute atomic E-state index is 0.00239. The topological polar surface area (TPSA) is 54.0 Å². The van der Waals surface area contributed by atoms with Crippen LogP contribution in [0, 0.1) is 5.92 Å².